The molecular formula is C33H30ClN5O8S4. The number of benzene rings is 2. The molecule has 51 heavy (non-hydrogen) atoms. The standard InChI is InChI=1S/C33H30ClN5O8S4/c1-35-23-18-25-24(17-22(23)34)36(2)27(37(25)11-6-14-51(45,46)47)10-9-21(15-20-7-4-3-5-8-20)16-26-30(43)39(19-28(41)42)32(49-26)29-31(44)38(12-13-40)33(48)50-29/h3-5,7-10,16-18,40H,6,11-15,19H2,2H3,(H,41,42)(H,45,46,47)/b21-9+,26-16-,27-10+,32-29+. The van der Waals surface area contributed by atoms with Crippen LogP contribution < -0.4 is 24.6 Å². The van der Waals surface area contributed by atoms with Gasteiger partial charge in [-0.05, 0) is 48.3 Å². The number of nitrogens with zero attached hydrogens (tertiary/aromatic N) is 5. The molecule has 2 aliphatic rings. The van der Waals surface area contributed by atoms with Gasteiger partial charge < -0.3 is 20.0 Å². The van der Waals surface area contributed by atoms with E-state index in [9.17, 15) is 37.6 Å². The second kappa shape index (κ2) is 15.9. The van der Waals surface area contributed by atoms with Crippen LogP contribution in [0.1, 0.15) is 12.0 Å². The molecule has 0 radical (unpaired) electrons. The predicted octanol–water partition coefficient (Wildman–Crippen LogP) is 3.18. The van der Waals surface area contributed by atoms with Crippen LogP contribution in [0.4, 0.5) is 17.1 Å². The molecule has 0 aliphatic carbocycles. The number of thioether (sulfide) groups is 1. The molecule has 3 heterocycles. The van der Waals surface area contributed by atoms with Crippen LogP contribution in [0.3, 0.4) is 0 Å². The molecule has 266 valence electrons. The fourth-order valence-electron chi connectivity index (χ4n) is 5.51. The molecule has 3 N–H and O–H groups in total. The number of aliphatic carboxylic acids is 1. The van der Waals surface area contributed by atoms with Crippen molar-refractivity contribution in [3.05, 3.63) is 108 Å². The highest BCUT2D eigenvalue weighted by Gasteiger charge is 2.34. The third-order valence-electron chi connectivity index (χ3n) is 7.80. The van der Waals surface area contributed by atoms with Crippen LogP contribution in [-0.2, 0) is 32.7 Å². The SMILES string of the molecule is [C-]#[N+]c1cc2c(cc1Cl)N(C)\C(=C/C=C(/C=c1\s/c(=C3/SC(=S)N(CCO)C3=O)n(CC(=O)O)c1=O)Cc1ccccc1)N2CCCS(=O)(=O)O. The van der Waals surface area contributed by atoms with Crippen LogP contribution in [0.15, 0.2) is 70.8 Å². The molecular weight excluding hydrogens is 758 g/mol. The highest BCUT2D eigenvalue weighted by molar-refractivity contribution is 8.30. The second-order valence-electron chi connectivity index (χ2n) is 11.3. The minimum absolute atomic E-state index is 0.0448. The van der Waals surface area contributed by atoms with E-state index in [1.165, 1.54) is 4.90 Å². The minimum Gasteiger partial charge on any atom is -0.480 e. The lowest BCUT2D eigenvalue weighted by atomic mass is 10.0. The van der Waals surface area contributed by atoms with Gasteiger partial charge in [-0.3, -0.25) is 28.4 Å². The number of fused-ring (bicyclic) bond motifs is 1. The number of β-amino-alcohol motifs (C(OH)–C–C–N with tert-alkyl or cyclic N) is 1. The summed E-state index contributed by atoms with van der Waals surface area (Å²) in [7, 11) is -2.45. The lowest BCUT2D eigenvalue weighted by Crippen LogP contribution is -2.36. The maximum absolute atomic E-state index is 13.8. The summed E-state index contributed by atoms with van der Waals surface area (Å²) in [5.74, 6) is -1.70. The fourth-order valence-corrected chi connectivity index (χ4v) is 8.78. The van der Waals surface area contributed by atoms with E-state index in [2.05, 4.69) is 4.85 Å². The van der Waals surface area contributed by atoms with E-state index in [0.29, 0.717) is 29.2 Å². The van der Waals surface area contributed by atoms with Crippen molar-refractivity contribution in [3.63, 3.8) is 0 Å². The first-order valence-electron chi connectivity index (χ1n) is 15.2. The summed E-state index contributed by atoms with van der Waals surface area (Å²) in [5, 5.41) is 19.3. The van der Waals surface area contributed by atoms with Crippen molar-refractivity contribution in [3.8, 4) is 0 Å². The summed E-state index contributed by atoms with van der Waals surface area (Å²) in [4.78, 5) is 47.2. The molecule has 1 amide bonds. The number of aromatic nitrogens is 1. The summed E-state index contributed by atoms with van der Waals surface area (Å²) in [6, 6.07) is 12.7. The van der Waals surface area contributed by atoms with Crippen molar-refractivity contribution in [2.45, 2.75) is 19.4 Å². The number of thiazole rings is 1. The quantitative estimate of drug-likeness (QED) is 0.140. The molecule has 1 saturated heterocycles. The zero-order valence-corrected chi connectivity index (χ0v) is 30.9. The summed E-state index contributed by atoms with van der Waals surface area (Å²) < 4.78 is 33.9. The number of aliphatic hydroxyl groups excluding tert-OH is 1. The first-order chi connectivity index (χ1) is 24.2. The van der Waals surface area contributed by atoms with Crippen molar-refractivity contribution in [2.75, 3.05) is 42.3 Å². The van der Waals surface area contributed by atoms with E-state index in [-0.39, 0.29) is 55.2 Å². The normalized spacial score (nSPS) is 17.2. The van der Waals surface area contributed by atoms with Gasteiger partial charge in [0.05, 0.1) is 41.4 Å². The molecule has 0 saturated carbocycles. The van der Waals surface area contributed by atoms with Crippen molar-refractivity contribution in [1.29, 1.82) is 0 Å². The van der Waals surface area contributed by atoms with Gasteiger partial charge in [-0.25, -0.2) is 4.85 Å². The zero-order chi connectivity index (χ0) is 37.0. The van der Waals surface area contributed by atoms with Crippen LogP contribution >= 0.6 is 46.9 Å². The highest BCUT2D eigenvalue weighted by Crippen LogP contribution is 2.46. The Morgan fingerprint density at radius 2 is 1.84 bits per heavy atom. The van der Waals surface area contributed by atoms with E-state index < -0.39 is 39.9 Å². The average Bonchev–Trinajstić information content (AvgIpc) is 3.62. The van der Waals surface area contributed by atoms with Gasteiger partial charge in [0.2, 0.25) is 5.69 Å². The van der Waals surface area contributed by atoms with Crippen LogP contribution in [0.2, 0.25) is 5.02 Å². The third-order valence-corrected chi connectivity index (χ3v) is 11.6. The number of carboxylic acid groups (broad SMARTS) is 1. The molecule has 0 unspecified atom stereocenters. The zero-order valence-electron chi connectivity index (χ0n) is 26.9. The first-order valence-corrected chi connectivity index (χ1v) is 19.2. The van der Waals surface area contributed by atoms with Gasteiger partial charge in [0.15, 0.2) is 0 Å². The summed E-state index contributed by atoms with van der Waals surface area (Å²) in [6.07, 6.45) is 5.60. The fraction of sp³-hybridized carbons (Fsp3) is 0.242. The van der Waals surface area contributed by atoms with Gasteiger partial charge in [-0.15, -0.1) is 11.3 Å². The van der Waals surface area contributed by atoms with E-state index in [4.69, 9.17) is 30.4 Å². The molecule has 1 aromatic heterocycles. The average molecular weight is 788 g/mol. The number of carboxylic acids is 1. The molecule has 1 fully saturated rings. The van der Waals surface area contributed by atoms with Crippen LogP contribution in [0, 0.1) is 6.57 Å². The van der Waals surface area contributed by atoms with Crippen LogP contribution in [0.25, 0.3) is 15.8 Å². The van der Waals surface area contributed by atoms with Crippen molar-refractivity contribution in [1.82, 2.24) is 9.47 Å². The van der Waals surface area contributed by atoms with Gasteiger partial charge in [0, 0.05) is 18.6 Å². The number of carbonyl (C=O) groups excluding carboxylic acids is 1. The second-order valence-corrected chi connectivity index (χ2v) is 15.9. The van der Waals surface area contributed by atoms with Gasteiger partial charge in [0.25, 0.3) is 21.6 Å². The largest absolute Gasteiger partial charge is 0.480 e. The van der Waals surface area contributed by atoms with E-state index >= 15 is 0 Å². The van der Waals surface area contributed by atoms with Crippen molar-refractivity contribution < 1.29 is 32.8 Å². The topological polar surface area (TPSA) is 165 Å². The van der Waals surface area contributed by atoms with E-state index in [0.717, 1.165) is 33.2 Å². The van der Waals surface area contributed by atoms with E-state index in [1.807, 2.05) is 40.1 Å². The summed E-state index contributed by atoms with van der Waals surface area (Å²) in [6.45, 7) is 6.63. The Labute approximate surface area is 311 Å². The molecule has 2 aromatic carbocycles. The number of carbonyl (C=O) groups is 2. The minimum atomic E-state index is -4.23. The number of halogens is 1. The summed E-state index contributed by atoms with van der Waals surface area (Å²) in [5.41, 5.74) is 2.41. The lowest BCUT2D eigenvalue weighted by molar-refractivity contribution is -0.137. The Kier molecular flexibility index (Phi) is 11.9. The lowest BCUT2D eigenvalue weighted by Gasteiger charge is -2.22. The van der Waals surface area contributed by atoms with Gasteiger partial charge >= 0.3 is 5.97 Å². The van der Waals surface area contributed by atoms with Gasteiger partial charge in [0.1, 0.15) is 26.3 Å². The number of anilines is 2. The van der Waals surface area contributed by atoms with Crippen molar-refractivity contribution >= 4 is 101 Å². The molecule has 0 bridgehead atoms. The number of hydrogen-bond acceptors (Lipinski definition) is 11. The third kappa shape index (κ3) is 8.61. The molecule has 13 nitrogen and oxygen atoms in total. The molecule has 2 aliphatic heterocycles. The number of thiocarbonyl (C=S) groups is 1. The first kappa shape index (κ1) is 38.0. The molecule has 3 aromatic rings. The molecule has 18 heteroatoms. The smallest absolute Gasteiger partial charge is 0.323 e. The number of aliphatic hydroxyl groups is 1. The maximum atomic E-state index is 13.8. The summed E-state index contributed by atoms with van der Waals surface area (Å²) >= 11 is 13.6. The maximum Gasteiger partial charge on any atom is 0.323 e. The number of allylic oxidation sites excluding steroid dienone is 3. The molecule has 0 atom stereocenters. The Morgan fingerprint density at radius 1 is 1.12 bits per heavy atom. The number of hydrogen-bond donors (Lipinski definition) is 3. The predicted molar refractivity (Wildman–Crippen MR) is 203 cm³/mol. The highest BCUT2D eigenvalue weighted by atomic mass is 35.5. The Bertz CT molecular complexity index is 2310. The van der Waals surface area contributed by atoms with Crippen LogP contribution in [0.5, 0.6) is 0 Å². The van der Waals surface area contributed by atoms with E-state index in [1.54, 1.807) is 37.4 Å². The Balaban J connectivity index is 1.68. The molecule has 0 spiro atoms. The number of rotatable bonds is 12. The van der Waals surface area contributed by atoms with Crippen LogP contribution in [-0.4, -0.2) is 81.3 Å². The Hall–Kier alpha value is -4.28. The Morgan fingerprint density at radius 3 is 2.49 bits per heavy atom. The number of amides is 1. The van der Waals surface area contributed by atoms with Gasteiger partial charge in [-0.2, -0.15) is 8.42 Å². The van der Waals surface area contributed by atoms with Gasteiger partial charge in [-0.1, -0.05) is 72.0 Å². The monoisotopic (exact) mass is 787 g/mol. The van der Waals surface area contributed by atoms with Crippen molar-refractivity contribution in [2.24, 2.45) is 0 Å². The molecule has 5 rings (SSSR count).